The first-order valence-electron chi connectivity index (χ1n) is 4.10. The highest BCUT2D eigenvalue weighted by molar-refractivity contribution is 5.98. The van der Waals surface area contributed by atoms with Crippen LogP contribution in [0.3, 0.4) is 0 Å². The van der Waals surface area contributed by atoms with Crippen LogP contribution in [-0.2, 0) is 9.59 Å². The summed E-state index contributed by atoms with van der Waals surface area (Å²) in [5, 5.41) is 0. The highest BCUT2D eigenvalue weighted by Gasteiger charge is 2.14. The van der Waals surface area contributed by atoms with Gasteiger partial charge in [0.15, 0.2) is 0 Å². The van der Waals surface area contributed by atoms with Crippen molar-refractivity contribution in [2.45, 2.75) is 20.3 Å². The van der Waals surface area contributed by atoms with Gasteiger partial charge in [0.25, 0.3) is 0 Å². The first-order valence-corrected chi connectivity index (χ1v) is 4.10. The topological polar surface area (TPSA) is 37.4 Å². The molecular formula is C9H17NO2. The van der Waals surface area contributed by atoms with Gasteiger partial charge in [-0.3, -0.25) is 9.59 Å². The van der Waals surface area contributed by atoms with Crippen LogP contribution in [0.25, 0.3) is 0 Å². The van der Waals surface area contributed by atoms with Crippen LogP contribution < -0.4 is 0 Å². The maximum Gasteiger partial charge on any atom is 0.144 e. The van der Waals surface area contributed by atoms with Crippen molar-refractivity contribution >= 4 is 11.6 Å². The van der Waals surface area contributed by atoms with Gasteiger partial charge in [-0.15, -0.1) is 0 Å². The summed E-state index contributed by atoms with van der Waals surface area (Å²) in [6.45, 7) is 4.01. The smallest absolute Gasteiger partial charge is 0.144 e. The second kappa shape index (κ2) is 5.04. The van der Waals surface area contributed by atoms with Gasteiger partial charge in [0.1, 0.15) is 11.6 Å². The third-order valence-electron chi connectivity index (χ3n) is 1.61. The minimum Gasteiger partial charge on any atom is -0.309 e. The number of carbonyl (C=O) groups is 2. The highest BCUT2D eigenvalue weighted by Crippen LogP contribution is 2.02. The van der Waals surface area contributed by atoms with E-state index in [1.165, 1.54) is 6.92 Å². The van der Waals surface area contributed by atoms with E-state index in [1.54, 1.807) is 0 Å². The van der Waals surface area contributed by atoms with E-state index in [9.17, 15) is 9.59 Å². The molecule has 0 heterocycles. The van der Waals surface area contributed by atoms with E-state index in [1.807, 2.05) is 25.9 Å². The SMILES string of the molecule is CC(=O)CC(=O)C(C)CN(C)C. The largest absolute Gasteiger partial charge is 0.309 e. The fourth-order valence-electron chi connectivity index (χ4n) is 1.07. The lowest BCUT2D eigenvalue weighted by atomic mass is 10.0. The zero-order chi connectivity index (χ0) is 9.72. The maximum atomic E-state index is 11.2. The molecule has 0 aromatic rings. The van der Waals surface area contributed by atoms with Crippen LogP contribution in [0.4, 0.5) is 0 Å². The Kier molecular flexibility index (Phi) is 4.74. The van der Waals surface area contributed by atoms with E-state index in [0.29, 0.717) is 6.54 Å². The van der Waals surface area contributed by atoms with Gasteiger partial charge in [-0.1, -0.05) is 6.92 Å². The number of nitrogens with zero attached hydrogens (tertiary/aromatic N) is 1. The second-order valence-electron chi connectivity index (χ2n) is 3.51. The van der Waals surface area contributed by atoms with Crippen molar-refractivity contribution in [2.24, 2.45) is 5.92 Å². The minimum atomic E-state index is -0.0504. The summed E-state index contributed by atoms with van der Waals surface area (Å²) in [5.41, 5.74) is 0. The molecule has 0 radical (unpaired) electrons. The predicted octanol–water partition coefficient (Wildman–Crippen LogP) is 0.732. The Morgan fingerprint density at radius 1 is 1.33 bits per heavy atom. The van der Waals surface area contributed by atoms with Crippen molar-refractivity contribution in [3.8, 4) is 0 Å². The number of carbonyl (C=O) groups excluding carboxylic acids is 2. The Morgan fingerprint density at radius 2 is 1.83 bits per heavy atom. The molecule has 0 amide bonds. The molecule has 1 unspecified atom stereocenters. The van der Waals surface area contributed by atoms with E-state index in [4.69, 9.17) is 0 Å². The lowest BCUT2D eigenvalue weighted by molar-refractivity contribution is -0.128. The normalized spacial score (nSPS) is 13.1. The van der Waals surface area contributed by atoms with Crippen molar-refractivity contribution in [3.05, 3.63) is 0 Å². The molecule has 0 aliphatic carbocycles. The summed E-state index contributed by atoms with van der Waals surface area (Å²) in [5.74, 6) is -0.0503. The van der Waals surface area contributed by atoms with Crippen LogP contribution in [0, 0.1) is 5.92 Å². The quantitative estimate of drug-likeness (QED) is 0.572. The molecule has 70 valence electrons. The minimum absolute atomic E-state index is 0.0381. The summed E-state index contributed by atoms with van der Waals surface area (Å²) in [4.78, 5) is 23.8. The molecule has 0 aromatic heterocycles. The molecule has 12 heavy (non-hydrogen) atoms. The van der Waals surface area contributed by atoms with E-state index in [-0.39, 0.29) is 23.9 Å². The second-order valence-corrected chi connectivity index (χ2v) is 3.51. The molecule has 0 spiro atoms. The molecular weight excluding hydrogens is 154 g/mol. The van der Waals surface area contributed by atoms with Gasteiger partial charge in [0, 0.05) is 12.5 Å². The third kappa shape index (κ3) is 5.02. The van der Waals surface area contributed by atoms with Crippen LogP contribution in [0.15, 0.2) is 0 Å². The van der Waals surface area contributed by atoms with Crippen LogP contribution >= 0.6 is 0 Å². The number of rotatable bonds is 5. The molecule has 0 aromatic carbocycles. The van der Waals surface area contributed by atoms with Gasteiger partial charge in [-0.05, 0) is 21.0 Å². The maximum absolute atomic E-state index is 11.2. The lowest BCUT2D eigenvalue weighted by Crippen LogP contribution is -2.26. The van der Waals surface area contributed by atoms with Crippen molar-refractivity contribution in [1.29, 1.82) is 0 Å². The Balaban J connectivity index is 3.85. The number of ketones is 2. The Bertz CT molecular complexity index is 175. The van der Waals surface area contributed by atoms with Crippen molar-refractivity contribution in [1.82, 2.24) is 4.90 Å². The number of hydrogen-bond acceptors (Lipinski definition) is 3. The molecule has 0 bridgehead atoms. The zero-order valence-corrected chi connectivity index (χ0v) is 8.26. The third-order valence-corrected chi connectivity index (χ3v) is 1.61. The first-order chi connectivity index (χ1) is 5.43. The van der Waals surface area contributed by atoms with E-state index >= 15 is 0 Å². The van der Waals surface area contributed by atoms with Crippen LogP contribution in [-0.4, -0.2) is 37.1 Å². The van der Waals surface area contributed by atoms with Crippen molar-refractivity contribution in [3.63, 3.8) is 0 Å². The van der Waals surface area contributed by atoms with Crippen LogP contribution in [0.5, 0.6) is 0 Å². The summed E-state index contributed by atoms with van der Waals surface area (Å²) in [6, 6.07) is 0. The Hall–Kier alpha value is -0.700. The molecule has 3 nitrogen and oxygen atoms in total. The molecule has 1 atom stereocenters. The van der Waals surface area contributed by atoms with E-state index in [2.05, 4.69) is 0 Å². The fraction of sp³-hybridized carbons (Fsp3) is 0.778. The average molecular weight is 171 g/mol. The van der Waals surface area contributed by atoms with Crippen LogP contribution in [0.1, 0.15) is 20.3 Å². The Morgan fingerprint density at radius 3 is 2.17 bits per heavy atom. The zero-order valence-electron chi connectivity index (χ0n) is 8.26. The summed E-state index contributed by atoms with van der Waals surface area (Å²) < 4.78 is 0. The van der Waals surface area contributed by atoms with Gasteiger partial charge in [0.2, 0.25) is 0 Å². The van der Waals surface area contributed by atoms with Gasteiger partial charge in [0.05, 0.1) is 6.42 Å². The number of Topliss-reactive ketones (excluding diaryl/α,β-unsaturated/α-hetero) is 2. The first kappa shape index (κ1) is 11.3. The van der Waals surface area contributed by atoms with E-state index < -0.39 is 0 Å². The molecule has 0 rings (SSSR count). The summed E-state index contributed by atoms with van der Waals surface area (Å²) in [7, 11) is 3.83. The van der Waals surface area contributed by atoms with Crippen LogP contribution in [0.2, 0.25) is 0 Å². The molecule has 0 aliphatic rings. The molecule has 0 fully saturated rings. The molecule has 3 heteroatoms. The monoisotopic (exact) mass is 171 g/mol. The van der Waals surface area contributed by atoms with Gasteiger partial charge >= 0.3 is 0 Å². The molecule has 0 saturated carbocycles. The lowest BCUT2D eigenvalue weighted by Gasteiger charge is -2.14. The number of hydrogen-bond donors (Lipinski definition) is 0. The fourth-order valence-corrected chi connectivity index (χ4v) is 1.07. The standard InChI is InChI=1S/C9H17NO2/c1-7(6-10(3)4)9(12)5-8(2)11/h7H,5-6H2,1-4H3. The summed E-state index contributed by atoms with van der Waals surface area (Å²) >= 11 is 0. The molecule has 0 aliphatic heterocycles. The van der Waals surface area contributed by atoms with Gasteiger partial charge in [-0.25, -0.2) is 0 Å². The summed E-state index contributed by atoms with van der Waals surface area (Å²) in [6.07, 6.45) is 0.0784. The van der Waals surface area contributed by atoms with Crippen molar-refractivity contribution in [2.75, 3.05) is 20.6 Å². The van der Waals surface area contributed by atoms with Crippen molar-refractivity contribution < 1.29 is 9.59 Å². The molecule has 0 N–H and O–H groups in total. The van der Waals surface area contributed by atoms with Gasteiger partial charge < -0.3 is 4.90 Å². The van der Waals surface area contributed by atoms with E-state index in [0.717, 1.165) is 0 Å². The van der Waals surface area contributed by atoms with Gasteiger partial charge in [-0.2, -0.15) is 0 Å². The predicted molar refractivity (Wildman–Crippen MR) is 48.0 cm³/mol. The highest BCUT2D eigenvalue weighted by atomic mass is 16.1. The average Bonchev–Trinajstić information content (AvgIpc) is 1.84. The molecule has 0 saturated heterocycles. The Labute approximate surface area is 73.7 Å².